The summed E-state index contributed by atoms with van der Waals surface area (Å²) in [6, 6.07) is 5.00. The number of nitrogens with zero attached hydrogens (tertiary/aromatic N) is 2. The molecule has 0 atom stereocenters. The molecule has 2 aromatic heterocycles. The molecule has 2 heterocycles. The number of hydrogen-bond acceptors (Lipinski definition) is 4. The van der Waals surface area contributed by atoms with Crippen LogP contribution in [0.4, 0.5) is 0 Å². The molecule has 6 nitrogen and oxygen atoms in total. The van der Waals surface area contributed by atoms with Gasteiger partial charge < -0.3 is 9.72 Å². The van der Waals surface area contributed by atoms with Crippen LogP contribution in [0.3, 0.4) is 0 Å². The molecule has 102 valence electrons. The second kappa shape index (κ2) is 4.19. The molecule has 3 aromatic rings. The maximum Gasteiger partial charge on any atom is 0.337 e. The molecule has 20 heavy (non-hydrogen) atoms. The van der Waals surface area contributed by atoms with Gasteiger partial charge in [-0.3, -0.25) is 9.20 Å². The SMILES string of the molecule is COC(=O)c1ccc2[nH]c(=O)c3c(C)nc(C)n3c2c1. The van der Waals surface area contributed by atoms with Crippen LogP contribution in [0.1, 0.15) is 21.9 Å². The number of hydrogen-bond donors (Lipinski definition) is 1. The van der Waals surface area contributed by atoms with Crippen molar-refractivity contribution in [3.8, 4) is 0 Å². The van der Waals surface area contributed by atoms with Crippen molar-refractivity contribution in [2.75, 3.05) is 7.11 Å². The summed E-state index contributed by atoms with van der Waals surface area (Å²) in [4.78, 5) is 30.9. The number of fused-ring (bicyclic) bond motifs is 3. The van der Waals surface area contributed by atoms with Crippen molar-refractivity contribution >= 4 is 22.5 Å². The second-order valence-corrected chi connectivity index (χ2v) is 4.61. The maximum atomic E-state index is 12.1. The van der Waals surface area contributed by atoms with Gasteiger partial charge in [0.1, 0.15) is 11.3 Å². The van der Waals surface area contributed by atoms with Crippen LogP contribution in [0.5, 0.6) is 0 Å². The Bertz CT molecular complexity index is 905. The molecule has 3 rings (SSSR count). The van der Waals surface area contributed by atoms with Crippen LogP contribution < -0.4 is 5.56 Å². The van der Waals surface area contributed by atoms with Crippen molar-refractivity contribution in [1.82, 2.24) is 14.4 Å². The summed E-state index contributed by atoms with van der Waals surface area (Å²) in [5, 5.41) is 0. The van der Waals surface area contributed by atoms with Gasteiger partial charge in [0.05, 0.1) is 29.4 Å². The molecule has 0 saturated carbocycles. The molecule has 0 fully saturated rings. The first-order chi connectivity index (χ1) is 9.52. The van der Waals surface area contributed by atoms with E-state index in [1.165, 1.54) is 7.11 Å². The zero-order chi connectivity index (χ0) is 14.4. The third-order valence-electron chi connectivity index (χ3n) is 3.34. The maximum absolute atomic E-state index is 12.1. The molecule has 6 heteroatoms. The number of aromatic nitrogens is 3. The predicted molar refractivity (Wildman–Crippen MR) is 74.1 cm³/mol. The van der Waals surface area contributed by atoms with Crippen molar-refractivity contribution in [3.05, 3.63) is 45.6 Å². The molecule has 0 saturated heterocycles. The van der Waals surface area contributed by atoms with E-state index in [0.29, 0.717) is 28.1 Å². The monoisotopic (exact) mass is 271 g/mol. The number of esters is 1. The third-order valence-corrected chi connectivity index (χ3v) is 3.34. The highest BCUT2D eigenvalue weighted by Crippen LogP contribution is 2.18. The highest BCUT2D eigenvalue weighted by atomic mass is 16.5. The van der Waals surface area contributed by atoms with Gasteiger partial charge in [-0.05, 0) is 32.0 Å². The zero-order valence-corrected chi connectivity index (χ0v) is 11.4. The van der Waals surface area contributed by atoms with Crippen molar-refractivity contribution < 1.29 is 9.53 Å². The molecule has 0 radical (unpaired) electrons. The quantitative estimate of drug-likeness (QED) is 0.682. The molecule has 0 bridgehead atoms. The van der Waals surface area contributed by atoms with Crippen LogP contribution in [0.2, 0.25) is 0 Å². The summed E-state index contributed by atoms with van der Waals surface area (Å²) in [5.74, 6) is 0.288. The molecular weight excluding hydrogens is 258 g/mol. The van der Waals surface area contributed by atoms with E-state index in [-0.39, 0.29) is 5.56 Å². The average Bonchev–Trinajstić information content (AvgIpc) is 2.74. The van der Waals surface area contributed by atoms with Crippen molar-refractivity contribution in [2.24, 2.45) is 0 Å². The minimum Gasteiger partial charge on any atom is -0.465 e. The fraction of sp³-hybridized carbons (Fsp3) is 0.214. The van der Waals surface area contributed by atoms with Gasteiger partial charge in [-0.25, -0.2) is 9.78 Å². The Morgan fingerprint density at radius 2 is 2.10 bits per heavy atom. The average molecular weight is 271 g/mol. The van der Waals surface area contributed by atoms with Crippen LogP contribution in [0, 0.1) is 13.8 Å². The molecule has 0 spiro atoms. The van der Waals surface area contributed by atoms with E-state index in [1.807, 2.05) is 6.92 Å². The number of rotatable bonds is 1. The van der Waals surface area contributed by atoms with Gasteiger partial charge in [0, 0.05) is 0 Å². The number of methoxy groups -OCH3 is 1. The fourth-order valence-corrected chi connectivity index (χ4v) is 2.48. The number of imidazole rings is 1. The fourth-order valence-electron chi connectivity index (χ4n) is 2.48. The van der Waals surface area contributed by atoms with Crippen LogP contribution in [-0.2, 0) is 4.74 Å². The lowest BCUT2D eigenvalue weighted by Gasteiger charge is -2.06. The molecular formula is C14H13N3O3. The van der Waals surface area contributed by atoms with E-state index in [0.717, 1.165) is 5.52 Å². The topological polar surface area (TPSA) is 76.5 Å². The van der Waals surface area contributed by atoms with Crippen molar-refractivity contribution in [3.63, 3.8) is 0 Å². The number of H-pyrrole nitrogens is 1. The van der Waals surface area contributed by atoms with Crippen molar-refractivity contribution in [1.29, 1.82) is 0 Å². The first-order valence-electron chi connectivity index (χ1n) is 6.13. The van der Waals surface area contributed by atoms with Gasteiger partial charge in [0.15, 0.2) is 0 Å². The number of benzene rings is 1. The summed E-state index contributed by atoms with van der Waals surface area (Å²) in [6.45, 7) is 3.61. The summed E-state index contributed by atoms with van der Waals surface area (Å²) < 4.78 is 6.48. The Balaban J connectivity index is 2.50. The molecule has 1 N–H and O–H groups in total. The lowest BCUT2D eigenvalue weighted by molar-refractivity contribution is 0.0601. The smallest absolute Gasteiger partial charge is 0.337 e. The van der Waals surface area contributed by atoms with E-state index in [4.69, 9.17) is 4.74 Å². The molecule has 0 aliphatic rings. The van der Waals surface area contributed by atoms with Crippen molar-refractivity contribution in [2.45, 2.75) is 13.8 Å². The summed E-state index contributed by atoms with van der Waals surface area (Å²) in [6.07, 6.45) is 0. The van der Waals surface area contributed by atoms with Gasteiger partial charge in [-0.15, -0.1) is 0 Å². The third kappa shape index (κ3) is 1.61. The lowest BCUT2D eigenvalue weighted by Crippen LogP contribution is -2.12. The number of carbonyl (C=O) groups is 1. The van der Waals surface area contributed by atoms with Gasteiger partial charge in [-0.1, -0.05) is 0 Å². The first-order valence-corrected chi connectivity index (χ1v) is 6.13. The Morgan fingerprint density at radius 1 is 1.35 bits per heavy atom. The van der Waals surface area contributed by atoms with E-state index >= 15 is 0 Å². The minimum absolute atomic E-state index is 0.193. The van der Waals surface area contributed by atoms with E-state index in [1.54, 1.807) is 29.5 Å². The highest BCUT2D eigenvalue weighted by molar-refractivity contribution is 5.94. The van der Waals surface area contributed by atoms with Gasteiger partial charge in [0.25, 0.3) is 5.56 Å². The number of ether oxygens (including phenoxy) is 1. The molecule has 0 amide bonds. The number of aryl methyl sites for hydroxylation is 2. The largest absolute Gasteiger partial charge is 0.465 e. The number of nitrogens with one attached hydrogen (secondary N) is 1. The second-order valence-electron chi connectivity index (χ2n) is 4.61. The zero-order valence-electron chi connectivity index (χ0n) is 11.4. The lowest BCUT2D eigenvalue weighted by atomic mass is 10.2. The molecule has 0 unspecified atom stereocenters. The van der Waals surface area contributed by atoms with Gasteiger partial charge >= 0.3 is 5.97 Å². The molecule has 0 aliphatic carbocycles. The molecule has 1 aromatic carbocycles. The Labute approximate surface area is 114 Å². The standard InChI is InChI=1S/C14H13N3O3/c1-7-12-13(18)16-10-5-4-9(14(19)20-3)6-11(10)17(12)8(2)15-7/h4-6H,1-3H3,(H,16,18). The first kappa shape index (κ1) is 12.4. The Morgan fingerprint density at radius 3 is 2.80 bits per heavy atom. The van der Waals surface area contributed by atoms with E-state index in [9.17, 15) is 9.59 Å². The molecule has 0 aliphatic heterocycles. The predicted octanol–water partition coefficient (Wildman–Crippen LogP) is 1.58. The van der Waals surface area contributed by atoms with Gasteiger partial charge in [-0.2, -0.15) is 0 Å². The number of aromatic amines is 1. The van der Waals surface area contributed by atoms with Crippen LogP contribution >= 0.6 is 0 Å². The number of carbonyl (C=O) groups excluding carboxylic acids is 1. The van der Waals surface area contributed by atoms with Gasteiger partial charge in [0.2, 0.25) is 0 Å². The minimum atomic E-state index is -0.416. The van der Waals surface area contributed by atoms with Crippen LogP contribution in [0.15, 0.2) is 23.0 Å². The normalized spacial score (nSPS) is 11.2. The Hall–Kier alpha value is -2.63. The van der Waals surface area contributed by atoms with Crippen LogP contribution in [-0.4, -0.2) is 27.4 Å². The van der Waals surface area contributed by atoms with E-state index < -0.39 is 5.97 Å². The highest BCUT2D eigenvalue weighted by Gasteiger charge is 2.14. The van der Waals surface area contributed by atoms with Crippen LogP contribution in [0.25, 0.3) is 16.6 Å². The summed E-state index contributed by atoms with van der Waals surface area (Å²) in [5.41, 5.74) is 2.77. The Kier molecular flexibility index (Phi) is 2.60. The van der Waals surface area contributed by atoms with E-state index in [2.05, 4.69) is 9.97 Å². The summed E-state index contributed by atoms with van der Waals surface area (Å²) in [7, 11) is 1.33. The summed E-state index contributed by atoms with van der Waals surface area (Å²) >= 11 is 0.